The van der Waals surface area contributed by atoms with E-state index >= 15 is 0 Å². The first-order chi connectivity index (χ1) is 11.7. The first kappa shape index (κ1) is 19.2. The summed E-state index contributed by atoms with van der Waals surface area (Å²) in [5, 5.41) is 0. The smallest absolute Gasteiger partial charge is 0.309 e. The minimum atomic E-state index is -0.432. The summed E-state index contributed by atoms with van der Waals surface area (Å²) in [4.78, 5) is 34.9. The Labute approximate surface area is 148 Å². The van der Waals surface area contributed by atoms with Gasteiger partial charge in [-0.1, -0.05) is 13.0 Å². The van der Waals surface area contributed by atoms with Crippen molar-refractivity contribution in [1.29, 1.82) is 0 Å². The van der Waals surface area contributed by atoms with E-state index in [1.807, 2.05) is 32.9 Å². The van der Waals surface area contributed by atoms with Crippen LogP contribution >= 0.6 is 0 Å². The molecule has 0 aromatic carbocycles. The summed E-state index contributed by atoms with van der Waals surface area (Å²) in [5.74, 6) is -1.39. The molecule has 1 aliphatic carbocycles. The molecule has 6 nitrogen and oxygen atoms in total. The second-order valence-electron chi connectivity index (χ2n) is 6.88. The van der Waals surface area contributed by atoms with Gasteiger partial charge in [0.05, 0.1) is 5.92 Å². The zero-order chi connectivity index (χ0) is 18.7. The lowest BCUT2D eigenvalue weighted by Gasteiger charge is -2.27. The van der Waals surface area contributed by atoms with Gasteiger partial charge in [0, 0.05) is 26.2 Å². The van der Waals surface area contributed by atoms with Crippen molar-refractivity contribution in [2.45, 2.75) is 65.8 Å². The predicted octanol–water partition coefficient (Wildman–Crippen LogP) is 2.71. The second kappa shape index (κ2) is 7.85. The highest BCUT2D eigenvalue weighted by molar-refractivity contribution is 5.75. The number of hydrogen-bond donors (Lipinski definition) is 0. The van der Waals surface area contributed by atoms with Gasteiger partial charge in [0.2, 0.25) is 0 Å². The molecule has 1 fully saturated rings. The first-order valence-electron chi connectivity index (χ1n) is 8.59. The van der Waals surface area contributed by atoms with Crippen molar-refractivity contribution >= 4 is 17.9 Å². The van der Waals surface area contributed by atoms with Crippen LogP contribution in [0.2, 0.25) is 0 Å². The largest absolute Gasteiger partial charge is 0.458 e. The number of carbonyl (C=O) groups excluding carboxylic acids is 3. The van der Waals surface area contributed by atoms with Crippen molar-refractivity contribution in [1.82, 2.24) is 0 Å². The third kappa shape index (κ3) is 4.71. The van der Waals surface area contributed by atoms with E-state index in [1.165, 1.54) is 13.8 Å². The minimum Gasteiger partial charge on any atom is -0.458 e. The maximum Gasteiger partial charge on any atom is 0.309 e. The van der Waals surface area contributed by atoms with Crippen molar-refractivity contribution in [3.8, 4) is 0 Å². The number of hydrogen-bond acceptors (Lipinski definition) is 6. The fourth-order valence-corrected chi connectivity index (χ4v) is 3.38. The Bertz CT molecular complexity index is 617. The number of fused-ring (bicyclic) bond motifs is 1. The van der Waals surface area contributed by atoms with Gasteiger partial charge in [0.15, 0.2) is 0 Å². The summed E-state index contributed by atoms with van der Waals surface area (Å²) < 4.78 is 16.4. The molecule has 2 rings (SSSR count). The molecule has 138 valence electrons. The number of ether oxygens (including phenoxy) is 3. The SMILES string of the molecule is CC(=O)O[C@H]1C/C=C(\C)[C@@H](OC(C)=O)C[C@H]2[C@H](/C=C/1C)OC(=O)[C@@H]2C. The Balaban J connectivity index is 2.40. The molecule has 6 heteroatoms. The van der Waals surface area contributed by atoms with Crippen LogP contribution in [-0.2, 0) is 28.6 Å². The molecule has 1 saturated heterocycles. The van der Waals surface area contributed by atoms with Gasteiger partial charge >= 0.3 is 17.9 Å². The number of esters is 3. The van der Waals surface area contributed by atoms with Crippen LogP contribution in [0.4, 0.5) is 0 Å². The van der Waals surface area contributed by atoms with E-state index in [0.29, 0.717) is 12.8 Å². The lowest BCUT2D eigenvalue weighted by molar-refractivity contribution is -0.145. The molecule has 0 aromatic heterocycles. The minimum absolute atomic E-state index is 0.105. The van der Waals surface area contributed by atoms with Gasteiger partial charge in [-0.2, -0.15) is 0 Å². The van der Waals surface area contributed by atoms with Gasteiger partial charge in [-0.05, 0) is 37.5 Å². The van der Waals surface area contributed by atoms with Gasteiger partial charge in [-0.3, -0.25) is 14.4 Å². The lowest BCUT2D eigenvalue weighted by atomic mass is 9.83. The van der Waals surface area contributed by atoms with Crippen LogP contribution in [0, 0.1) is 11.8 Å². The maximum absolute atomic E-state index is 12.1. The Morgan fingerprint density at radius 2 is 1.68 bits per heavy atom. The molecule has 0 N–H and O–H groups in total. The fraction of sp³-hybridized carbons (Fsp3) is 0.632. The zero-order valence-corrected chi connectivity index (χ0v) is 15.4. The Kier molecular flexibility index (Phi) is 6.03. The molecule has 0 bridgehead atoms. The van der Waals surface area contributed by atoms with E-state index < -0.39 is 18.3 Å². The monoisotopic (exact) mass is 350 g/mol. The topological polar surface area (TPSA) is 78.9 Å². The zero-order valence-electron chi connectivity index (χ0n) is 15.4. The first-order valence-corrected chi connectivity index (χ1v) is 8.59. The third-order valence-corrected chi connectivity index (χ3v) is 4.89. The van der Waals surface area contributed by atoms with Crippen molar-refractivity contribution in [3.63, 3.8) is 0 Å². The van der Waals surface area contributed by atoms with E-state index in [0.717, 1.165) is 11.1 Å². The fourth-order valence-electron chi connectivity index (χ4n) is 3.38. The molecule has 5 atom stereocenters. The Hall–Kier alpha value is -2.11. The molecule has 1 aliphatic heterocycles. The van der Waals surface area contributed by atoms with Gasteiger partial charge in [-0.25, -0.2) is 0 Å². The van der Waals surface area contributed by atoms with Crippen LogP contribution in [0.25, 0.3) is 0 Å². The van der Waals surface area contributed by atoms with Gasteiger partial charge < -0.3 is 14.2 Å². The molecule has 0 radical (unpaired) electrons. The lowest BCUT2D eigenvalue weighted by Crippen LogP contribution is -2.29. The standard InChI is InChI=1S/C19H26O6/c1-10-6-7-16(23-13(4)20)11(2)8-18-15(12(3)19(22)25-18)9-17(10)24-14(5)21/h6,8,12,15-18H,7,9H2,1-5H3/b10-6+,11-8+/t12-,15-,16+,17+,18+/m1/s1. The predicted molar refractivity (Wildman–Crippen MR) is 90.4 cm³/mol. The average Bonchev–Trinajstić information content (AvgIpc) is 2.76. The maximum atomic E-state index is 12.1. The molecular formula is C19H26O6. The number of carbonyl (C=O) groups is 3. The van der Waals surface area contributed by atoms with Crippen molar-refractivity contribution in [3.05, 3.63) is 23.3 Å². The molecule has 0 unspecified atom stereocenters. The molecule has 0 saturated carbocycles. The van der Waals surface area contributed by atoms with Crippen LogP contribution < -0.4 is 0 Å². The highest BCUT2D eigenvalue weighted by Crippen LogP contribution is 2.36. The quantitative estimate of drug-likeness (QED) is 0.433. The summed E-state index contributed by atoms with van der Waals surface area (Å²) in [6.07, 6.45) is 3.52. The highest BCUT2D eigenvalue weighted by atomic mass is 16.6. The summed E-state index contributed by atoms with van der Waals surface area (Å²) in [6, 6.07) is 0. The molecule has 0 spiro atoms. The van der Waals surface area contributed by atoms with E-state index in [-0.39, 0.29) is 29.7 Å². The second-order valence-corrected chi connectivity index (χ2v) is 6.88. The normalized spacial score (nSPS) is 36.8. The molecule has 2 aliphatic rings. The molecule has 25 heavy (non-hydrogen) atoms. The summed E-state index contributed by atoms with van der Waals surface area (Å²) in [7, 11) is 0. The van der Waals surface area contributed by atoms with Crippen LogP contribution in [-0.4, -0.2) is 36.2 Å². The van der Waals surface area contributed by atoms with Crippen LogP contribution in [0.5, 0.6) is 0 Å². The van der Waals surface area contributed by atoms with Gasteiger partial charge in [0.25, 0.3) is 0 Å². The Morgan fingerprint density at radius 1 is 1.08 bits per heavy atom. The summed E-state index contributed by atoms with van der Waals surface area (Å²) in [5.41, 5.74) is 1.73. The van der Waals surface area contributed by atoms with Gasteiger partial charge in [0.1, 0.15) is 18.3 Å². The van der Waals surface area contributed by atoms with E-state index in [1.54, 1.807) is 0 Å². The van der Waals surface area contributed by atoms with Crippen LogP contribution in [0.1, 0.15) is 47.5 Å². The molecular weight excluding hydrogens is 324 g/mol. The van der Waals surface area contributed by atoms with Crippen molar-refractivity contribution in [2.24, 2.45) is 11.8 Å². The van der Waals surface area contributed by atoms with Crippen LogP contribution in [0.3, 0.4) is 0 Å². The van der Waals surface area contributed by atoms with Gasteiger partial charge in [-0.15, -0.1) is 0 Å². The summed E-state index contributed by atoms with van der Waals surface area (Å²) in [6.45, 7) is 8.32. The van der Waals surface area contributed by atoms with E-state index in [4.69, 9.17) is 14.2 Å². The average molecular weight is 350 g/mol. The molecule has 0 aromatic rings. The Morgan fingerprint density at radius 3 is 2.28 bits per heavy atom. The van der Waals surface area contributed by atoms with E-state index in [2.05, 4.69) is 0 Å². The highest BCUT2D eigenvalue weighted by Gasteiger charge is 2.43. The van der Waals surface area contributed by atoms with Crippen molar-refractivity contribution in [2.75, 3.05) is 0 Å². The molecule has 1 heterocycles. The molecule has 0 amide bonds. The van der Waals surface area contributed by atoms with Crippen LogP contribution in [0.15, 0.2) is 23.3 Å². The number of rotatable bonds is 2. The third-order valence-electron chi connectivity index (χ3n) is 4.89. The van der Waals surface area contributed by atoms with E-state index in [9.17, 15) is 14.4 Å². The van der Waals surface area contributed by atoms with Crippen molar-refractivity contribution < 1.29 is 28.6 Å². The summed E-state index contributed by atoms with van der Waals surface area (Å²) >= 11 is 0.